The maximum atomic E-state index is 11.8. The van der Waals surface area contributed by atoms with Crippen LogP contribution in [0.2, 0.25) is 0 Å². The SMILES string of the molecule is CC(=O)N1CC(CCl)c2c1cc(O)c1ccc(C(N)=O)cc21. The highest BCUT2D eigenvalue weighted by Gasteiger charge is 2.33. The van der Waals surface area contributed by atoms with Crippen LogP contribution in [-0.4, -0.2) is 29.3 Å². The number of nitrogens with zero attached hydrogens (tertiary/aromatic N) is 1. The number of phenols is 1. The molecule has 2 aromatic carbocycles. The predicted molar refractivity (Wildman–Crippen MR) is 85.6 cm³/mol. The van der Waals surface area contributed by atoms with Gasteiger partial charge in [0.2, 0.25) is 11.8 Å². The van der Waals surface area contributed by atoms with E-state index in [2.05, 4.69) is 0 Å². The van der Waals surface area contributed by atoms with Gasteiger partial charge in [-0.15, -0.1) is 11.6 Å². The number of alkyl halides is 1. The molecule has 1 unspecified atom stereocenters. The monoisotopic (exact) mass is 318 g/mol. The van der Waals surface area contributed by atoms with Crippen LogP contribution >= 0.6 is 11.6 Å². The first-order valence-corrected chi connectivity index (χ1v) is 7.41. The van der Waals surface area contributed by atoms with Crippen LogP contribution in [0.25, 0.3) is 10.8 Å². The van der Waals surface area contributed by atoms with E-state index in [-0.39, 0.29) is 17.6 Å². The Bertz CT molecular complexity index is 804. The highest BCUT2D eigenvalue weighted by Crippen LogP contribution is 2.45. The van der Waals surface area contributed by atoms with Gasteiger partial charge in [-0.25, -0.2) is 0 Å². The number of carbonyl (C=O) groups excluding carboxylic acids is 2. The Balaban J connectivity index is 2.36. The zero-order valence-electron chi connectivity index (χ0n) is 12.0. The highest BCUT2D eigenvalue weighted by atomic mass is 35.5. The fourth-order valence-electron chi connectivity index (χ4n) is 3.05. The number of primary amides is 1. The van der Waals surface area contributed by atoms with Crippen molar-refractivity contribution in [2.24, 2.45) is 5.73 Å². The average molecular weight is 319 g/mol. The summed E-state index contributed by atoms with van der Waals surface area (Å²) >= 11 is 6.06. The van der Waals surface area contributed by atoms with Crippen LogP contribution in [0, 0.1) is 0 Å². The molecule has 0 saturated heterocycles. The molecule has 0 aliphatic carbocycles. The van der Waals surface area contributed by atoms with Crippen LogP contribution in [-0.2, 0) is 4.79 Å². The lowest BCUT2D eigenvalue weighted by Crippen LogP contribution is -2.27. The molecule has 1 aliphatic rings. The first kappa shape index (κ1) is 14.7. The number of nitrogens with two attached hydrogens (primary N) is 1. The minimum Gasteiger partial charge on any atom is -0.507 e. The largest absolute Gasteiger partial charge is 0.507 e. The molecular formula is C16H15ClN2O3. The molecule has 3 N–H and O–H groups in total. The van der Waals surface area contributed by atoms with Crippen molar-refractivity contribution < 1.29 is 14.7 Å². The lowest BCUT2D eigenvalue weighted by atomic mass is 9.94. The Hall–Kier alpha value is -2.27. The van der Waals surface area contributed by atoms with Crippen molar-refractivity contribution in [2.45, 2.75) is 12.8 Å². The van der Waals surface area contributed by atoms with E-state index in [0.717, 1.165) is 5.56 Å². The Morgan fingerprint density at radius 1 is 1.36 bits per heavy atom. The van der Waals surface area contributed by atoms with E-state index < -0.39 is 5.91 Å². The van der Waals surface area contributed by atoms with Crippen LogP contribution in [0.4, 0.5) is 5.69 Å². The van der Waals surface area contributed by atoms with E-state index in [4.69, 9.17) is 17.3 Å². The molecular weight excluding hydrogens is 304 g/mol. The van der Waals surface area contributed by atoms with E-state index >= 15 is 0 Å². The van der Waals surface area contributed by atoms with E-state index in [1.807, 2.05) is 0 Å². The smallest absolute Gasteiger partial charge is 0.248 e. The molecule has 5 nitrogen and oxygen atoms in total. The number of rotatable bonds is 2. The summed E-state index contributed by atoms with van der Waals surface area (Å²) in [6.07, 6.45) is 0. The van der Waals surface area contributed by atoms with Crippen molar-refractivity contribution in [3.8, 4) is 5.75 Å². The van der Waals surface area contributed by atoms with Crippen molar-refractivity contribution in [3.63, 3.8) is 0 Å². The molecule has 0 fully saturated rings. The molecule has 0 aromatic heterocycles. The number of phenolic OH excluding ortho intramolecular Hbond substituents is 1. The molecule has 0 spiro atoms. The molecule has 6 heteroatoms. The van der Waals surface area contributed by atoms with Crippen LogP contribution in [0.1, 0.15) is 28.8 Å². The van der Waals surface area contributed by atoms with E-state index in [0.29, 0.717) is 34.4 Å². The number of hydrogen-bond acceptors (Lipinski definition) is 3. The quantitative estimate of drug-likeness (QED) is 0.834. The van der Waals surface area contributed by atoms with Crippen LogP contribution in [0.3, 0.4) is 0 Å². The van der Waals surface area contributed by atoms with Gasteiger partial charge in [-0.1, -0.05) is 0 Å². The van der Waals surface area contributed by atoms with Crippen LogP contribution in [0.5, 0.6) is 5.75 Å². The van der Waals surface area contributed by atoms with Gasteiger partial charge in [-0.05, 0) is 29.1 Å². The molecule has 0 radical (unpaired) electrons. The third-order valence-corrected chi connectivity index (χ3v) is 4.46. The molecule has 2 amide bonds. The van der Waals surface area contributed by atoms with Crippen LogP contribution < -0.4 is 10.6 Å². The number of hydrogen-bond donors (Lipinski definition) is 2. The third-order valence-electron chi connectivity index (χ3n) is 4.09. The van der Waals surface area contributed by atoms with Gasteiger partial charge >= 0.3 is 0 Å². The van der Waals surface area contributed by atoms with E-state index in [9.17, 15) is 14.7 Å². The van der Waals surface area contributed by atoms with Crippen molar-refractivity contribution in [2.75, 3.05) is 17.3 Å². The second-order valence-corrected chi connectivity index (χ2v) is 5.74. The third kappa shape index (κ3) is 2.09. The first-order valence-electron chi connectivity index (χ1n) is 6.87. The second kappa shape index (κ2) is 5.18. The molecule has 2 aromatic rings. The van der Waals surface area contributed by atoms with Crippen molar-refractivity contribution in [1.29, 1.82) is 0 Å². The van der Waals surface area contributed by atoms with Gasteiger partial charge in [0, 0.05) is 42.3 Å². The number of anilines is 1. The fourth-order valence-corrected chi connectivity index (χ4v) is 3.31. The first-order chi connectivity index (χ1) is 10.4. The molecule has 114 valence electrons. The average Bonchev–Trinajstić information content (AvgIpc) is 2.85. The lowest BCUT2D eigenvalue weighted by molar-refractivity contribution is -0.116. The number of aromatic hydroxyl groups is 1. The molecule has 0 saturated carbocycles. The number of amides is 2. The fraction of sp³-hybridized carbons (Fsp3) is 0.250. The van der Waals surface area contributed by atoms with Gasteiger partial charge in [0.05, 0.1) is 5.69 Å². The number of carbonyl (C=O) groups is 2. The van der Waals surface area contributed by atoms with Gasteiger partial charge in [0.25, 0.3) is 0 Å². The normalized spacial score (nSPS) is 16.8. The predicted octanol–water partition coefficient (Wildman–Crippen LogP) is 2.33. The molecule has 22 heavy (non-hydrogen) atoms. The maximum Gasteiger partial charge on any atom is 0.248 e. The maximum absolute atomic E-state index is 11.8. The van der Waals surface area contributed by atoms with Gasteiger partial charge in [-0.2, -0.15) is 0 Å². The Morgan fingerprint density at radius 3 is 2.68 bits per heavy atom. The van der Waals surface area contributed by atoms with Crippen molar-refractivity contribution in [3.05, 3.63) is 35.4 Å². The molecule has 0 bridgehead atoms. The summed E-state index contributed by atoms with van der Waals surface area (Å²) in [6.45, 7) is 1.94. The molecule has 1 aliphatic heterocycles. The summed E-state index contributed by atoms with van der Waals surface area (Å²) in [4.78, 5) is 24.8. The number of benzene rings is 2. The van der Waals surface area contributed by atoms with Crippen molar-refractivity contribution >= 4 is 39.9 Å². The number of fused-ring (bicyclic) bond motifs is 3. The minimum atomic E-state index is -0.539. The molecule has 1 atom stereocenters. The summed E-state index contributed by atoms with van der Waals surface area (Å²) in [5, 5.41) is 11.6. The number of halogens is 1. The van der Waals surface area contributed by atoms with Crippen molar-refractivity contribution in [1.82, 2.24) is 0 Å². The standard InChI is InChI=1S/C16H15ClN2O3/c1-8(20)19-7-10(6-17)15-12-4-9(16(18)22)2-3-11(12)14(21)5-13(15)19/h2-5,10,21H,6-7H2,1H3,(H2,18,22). The molecule has 3 rings (SSSR count). The van der Waals surface area contributed by atoms with E-state index in [1.54, 1.807) is 29.2 Å². The summed E-state index contributed by atoms with van der Waals surface area (Å²) < 4.78 is 0. The van der Waals surface area contributed by atoms with Gasteiger partial charge in [0.1, 0.15) is 5.75 Å². The van der Waals surface area contributed by atoms with Gasteiger partial charge < -0.3 is 15.7 Å². The zero-order chi connectivity index (χ0) is 16.0. The topological polar surface area (TPSA) is 83.6 Å². The summed E-state index contributed by atoms with van der Waals surface area (Å²) in [7, 11) is 0. The lowest BCUT2D eigenvalue weighted by Gasteiger charge is -2.16. The summed E-state index contributed by atoms with van der Waals surface area (Å²) in [6, 6.07) is 6.46. The van der Waals surface area contributed by atoms with E-state index in [1.165, 1.54) is 6.92 Å². The highest BCUT2D eigenvalue weighted by molar-refractivity contribution is 6.19. The Kier molecular flexibility index (Phi) is 3.45. The summed E-state index contributed by atoms with van der Waals surface area (Å²) in [5.74, 6) is -0.295. The second-order valence-electron chi connectivity index (χ2n) is 5.43. The van der Waals surface area contributed by atoms with Gasteiger partial charge in [-0.3, -0.25) is 9.59 Å². The minimum absolute atomic E-state index is 0.0493. The Morgan fingerprint density at radius 2 is 2.09 bits per heavy atom. The summed E-state index contributed by atoms with van der Waals surface area (Å²) in [5.41, 5.74) is 7.21. The van der Waals surface area contributed by atoms with Gasteiger partial charge in [0.15, 0.2) is 0 Å². The zero-order valence-corrected chi connectivity index (χ0v) is 12.7. The Labute approximate surface area is 132 Å². The van der Waals surface area contributed by atoms with Crippen LogP contribution in [0.15, 0.2) is 24.3 Å². The molecule has 1 heterocycles.